The number of aliphatic carboxylic acids is 2. The summed E-state index contributed by atoms with van der Waals surface area (Å²) in [5, 5.41) is 18.6. The molecule has 1 fully saturated rings. The predicted octanol–water partition coefficient (Wildman–Crippen LogP) is 4.21. The standard InChI is InChI=1S/C22H24O4/c23-20(24)12-11-17(13-15-7-3-1-4-8-15)21(16-9-5-2-6-10-16)18-14-19(18)22(25)26/h1-10,17-19,21H,11-14H2,(H,23,24)(H,25,26). The summed E-state index contributed by atoms with van der Waals surface area (Å²) >= 11 is 0. The maximum Gasteiger partial charge on any atom is 0.306 e. The molecule has 0 aromatic heterocycles. The van der Waals surface area contributed by atoms with Crippen molar-refractivity contribution in [3.8, 4) is 0 Å². The minimum Gasteiger partial charge on any atom is -0.481 e. The number of rotatable bonds is 9. The van der Waals surface area contributed by atoms with E-state index in [4.69, 9.17) is 0 Å². The molecule has 4 atom stereocenters. The van der Waals surface area contributed by atoms with E-state index in [1.807, 2.05) is 48.5 Å². The number of carbonyl (C=O) groups is 2. The van der Waals surface area contributed by atoms with Gasteiger partial charge in [-0.2, -0.15) is 0 Å². The highest BCUT2D eigenvalue weighted by molar-refractivity contribution is 5.73. The lowest BCUT2D eigenvalue weighted by Gasteiger charge is -2.28. The zero-order valence-electron chi connectivity index (χ0n) is 14.6. The molecule has 1 saturated carbocycles. The zero-order chi connectivity index (χ0) is 18.5. The van der Waals surface area contributed by atoms with Gasteiger partial charge in [0.2, 0.25) is 0 Å². The number of hydrogen-bond donors (Lipinski definition) is 2. The summed E-state index contributed by atoms with van der Waals surface area (Å²) in [6, 6.07) is 20.0. The van der Waals surface area contributed by atoms with Crippen LogP contribution in [0.3, 0.4) is 0 Å². The van der Waals surface area contributed by atoms with Crippen molar-refractivity contribution in [3.05, 3.63) is 71.8 Å². The van der Waals surface area contributed by atoms with Crippen LogP contribution in [-0.2, 0) is 16.0 Å². The molecule has 4 unspecified atom stereocenters. The van der Waals surface area contributed by atoms with Crippen LogP contribution < -0.4 is 0 Å². The Kier molecular flexibility index (Phi) is 5.71. The molecular formula is C22H24O4. The number of benzene rings is 2. The van der Waals surface area contributed by atoms with E-state index < -0.39 is 11.9 Å². The third-order valence-corrected chi connectivity index (χ3v) is 5.38. The quantitative estimate of drug-likeness (QED) is 0.709. The Morgan fingerprint density at radius 1 is 0.962 bits per heavy atom. The van der Waals surface area contributed by atoms with Crippen molar-refractivity contribution in [2.45, 2.75) is 31.6 Å². The van der Waals surface area contributed by atoms with Gasteiger partial charge in [0.1, 0.15) is 0 Å². The first kappa shape index (κ1) is 18.2. The van der Waals surface area contributed by atoms with E-state index in [9.17, 15) is 19.8 Å². The summed E-state index contributed by atoms with van der Waals surface area (Å²) < 4.78 is 0. The van der Waals surface area contributed by atoms with Gasteiger partial charge in [-0.25, -0.2) is 0 Å². The number of hydrogen-bond acceptors (Lipinski definition) is 2. The molecule has 0 aliphatic heterocycles. The molecule has 0 bridgehead atoms. The first-order chi connectivity index (χ1) is 12.6. The summed E-state index contributed by atoms with van der Waals surface area (Å²) in [7, 11) is 0. The van der Waals surface area contributed by atoms with Gasteiger partial charge in [-0.05, 0) is 48.1 Å². The van der Waals surface area contributed by atoms with Gasteiger partial charge in [0.15, 0.2) is 0 Å². The molecule has 3 rings (SSSR count). The minimum atomic E-state index is -0.805. The lowest BCUT2D eigenvalue weighted by atomic mass is 9.76. The van der Waals surface area contributed by atoms with Crippen LogP contribution in [0.2, 0.25) is 0 Å². The second-order valence-electron chi connectivity index (χ2n) is 7.16. The minimum absolute atomic E-state index is 0.0665. The first-order valence-corrected chi connectivity index (χ1v) is 9.09. The first-order valence-electron chi connectivity index (χ1n) is 9.09. The Balaban J connectivity index is 1.89. The van der Waals surface area contributed by atoms with Crippen LogP contribution in [0.4, 0.5) is 0 Å². The molecule has 0 heterocycles. The summed E-state index contributed by atoms with van der Waals surface area (Å²) in [6.45, 7) is 0. The average molecular weight is 352 g/mol. The van der Waals surface area contributed by atoms with E-state index in [0.717, 1.165) is 17.5 Å². The molecular weight excluding hydrogens is 328 g/mol. The smallest absolute Gasteiger partial charge is 0.306 e. The van der Waals surface area contributed by atoms with Gasteiger partial charge < -0.3 is 10.2 Å². The van der Waals surface area contributed by atoms with E-state index in [-0.39, 0.29) is 30.1 Å². The fourth-order valence-corrected chi connectivity index (χ4v) is 4.07. The predicted molar refractivity (Wildman–Crippen MR) is 98.9 cm³/mol. The third kappa shape index (κ3) is 4.51. The summed E-state index contributed by atoms with van der Waals surface area (Å²) in [6.07, 6.45) is 2.09. The van der Waals surface area contributed by atoms with E-state index in [1.165, 1.54) is 0 Å². The lowest BCUT2D eigenvalue weighted by Crippen LogP contribution is -2.21. The molecule has 1 aliphatic rings. The van der Waals surface area contributed by atoms with E-state index in [1.54, 1.807) is 0 Å². The van der Waals surface area contributed by atoms with E-state index in [0.29, 0.717) is 12.8 Å². The second kappa shape index (κ2) is 8.17. The molecule has 2 N–H and O–H groups in total. The van der Waals surface area contributed by atoms with Crippen molar-refractivity contribution < 1.29 is 19.8 Å². The van der Waals surface area contributed by atoms with E-state index >= 15 is 0 Å². The van der Waals surface area contributed by atoms with Crippen molar-refractivity contribution in [1.29, 1.82) is 0 Å². The Labute approximate surface area is 153 Å². The average Bonchev–Trinajstić information content (AvgIpc) is 3.42. The van der Waals surface area contributed by atoms with Crippen LogP contribution in [0.1, 0.15) is 36.3 Å². The third-order valence-electron chi connectivity index (χ3n) is 5.38. The molecule has 2 aromatic rings. The normalized spacial score (nSPS) is 20.9. The summed E-state index contributed by atoms with van der Waals surface area (Å²) in [5.41, 5.74) is 2.28. The van der Waals surface area contributed by atoms with Crippen LogP contribution in [0.15, 0.2) is 60.7 Å². The van der Waals surface area contributed by atoms with E-state index in [2.05, 4.69) is 12.1 Å². The molecule has 0 radical (unpaired) electrons. The summed E-state index contributed by atoms with van der Waals surface area (Å²) in [4.78, 5) is 22.6. The molecule has 2 aromatic carbocycles. The molecule has 4 heteroatoms. The van der Waals surface area contributed by atoms with Crippen molar-refractivity contribution in [1.82, 2.24) is 0 Å². The van der Waals surface area contributed by atoms with Crippen molar-refractivity contribution in [2.24, 2.45) is 17.8 Å². The van der Waals surface area contributed by atoms with Crippen molar-refractivity contribution in [3.63, 3.8) is 0 Å². The van der Waals surface area contributed by atoms with Gasteiger partial charge >= 0.3 is 11.9 Å². The Hall–Kier alpha value is -2.62. The van der Waals surface area contributed by atoms with Gasteiger partial charge in [0.25, 0.3) is 0 Å². The van der Waals surface area contributed by atoms with Crippen LogP contribution in [0, 0.1) is 17.8 Å². The molecule has 4 nitrogen and oxygen atoms in total. The van der Waals surface area contributed by atoms with Crippen LogP contribution in [0.5, 0.6) is 0 Å². The Morgan fingerprint density at radius 3 is 2.12 bits per heavy atom. The molecule has 26 heavy (non-hydrogen) atoms. The molecule has 0 saturated heterocycles. The Morgan fingerprint density at radius 2 is 1.58 bits per heavy atom. The Bertz CT molecular complexity index is 741. The van der Waals surface area contributed by atoms with Gasteiger partial charge in [-0.15, -0.1) is 0 Å². The molecule has 0 amide bonds. The number of carboxylic acids is 2. The highest BCUT2D eigenvalue weighted by Crippen LogP contribution is 2.53. The monoisotopic (exact) mass is 352 g/mol. The highest BCUT2D eigenvalue weighted by atomic mass is 16.4. The largest absolute Gasteiger partial charge is 0.481 e. The zero-order valence-corrected chi connectivity index (χ0v) is 14.6. The van der Waals surface area contributed by atoms with Gasteiger partial charge in [0.05, 0.1) is 5.92 Å². The van der Waals surface area contributed by atoms with Gasteiger partial charge in [-0.1, -0.05) is 60.7 Å². The molecule has 1 aliphatic carbocycles. The van der Waals surface area contributed by atoms with Crippen LogP contribution >= 0.6 is 0 Å². The summed E-state index contributed by atoms with van der Waals surface area (Å²) in [5.74, 6) is -1.61. The topological polar surface area (TPSA) is 74.6 Å². The van der Waals surface area contributed by atoms with Crippen molar-refractivity contribution >= 4 is 11.9 Å². The van der Waals surface area contributed by atoms with Crippen LogP contribution in [-0.4, -0.2) is 22.2 Å². The molecule has 0 spiro atoms. The lowest BCUT2D eigenvalue weighted by molar-refractivity contribution is -0.139. The second-order valence-corrected chi connectivity index (χ2v) is 7.16. The molecule has 136 valence electrons. The maximum absolute atomic E-state index is 11.5. The van der Waals surface area contributed by atoms with Gasteiger partial charge in [0, 0.05) is 6.42 Å². The fraction of sp³-hybridized carbons (Fsp3) is 0.364. The SMILES string of the molecule is O=C(O)CCC(Cc1ccccc1)C(c1ccccc1)C1CC1C(=O)O. The number of carboxylic acid groups (broad SMARTS) is 2. The fourth-order valence-electron chi connectivity index (χ4n) is 4.07. The van der Waals surface area contributed by atoms with Gasteiger partial charge in [-0.3, -0.25) is 9.59 Å². The van der Waals surface area contributed by atoms with Crippen LogP contribution in [0.25, 0.3) is 0 Å². The highest BCUT2D eigenvalue weighted by Gasteiger charge is 2.50. The van der Waals surface area contributed by atoms with Crippen molar-refractivity contribution in [2.75, 3.05) is 0 Å². The maximum atomic E-state index is 11.5.